The van der Waals surface area contributed by atoms with Gasteiger partial charge in [-0.25, -0.2) is 8.78 Å². The van der Waals surface area contributed by atoms with Crippen LogP contribution in [0, 0.1) is 34.3 Å². The standard InChI is InChI=1S/C14H6BrF2N3/c15-13-8(6-18)1-4-12(14(13)17)20-10-2-3-11(16)9(5-10)7-19/h1-5,20H. The predicted molar refractivity (Wildman–Crippen MR) is 73.2 cm³/mol. The van der Waals surface area contributed by atoms with E-state index in [9.17, 15) is 8.78 Å². The first kappa shape index (κ1) is 14.0. The molecule has 2 rings (SSSR count). The highest BCUT2D eigenvalue weighted by Crippen LogP contribution is 2.29. The second-order valence-electron chi connectivity index (χ2n) is 3.83. The van der Waals surface area contributed by atoms with Crippen molar-refractivity contribution >= 4 is 27.3 Å². The van der Waals surface area contributed by atoms with E-state index < -0.39 is 11.6 Å². The second-order valence-corrected chi connectivity index (χ2v) is 4.62. The zero-order valence-electron chi connectivity index (χ0n) is 9.92. The van der Waals surface area contributed by atoms with Crippen molar-refractivity contribution in [1.29, 1.82) is 10.5 Å². The van der Waals surface area contributed by atoms with Gasteiger partial charge in [-0.05, 0) is 46.3 Å². The van der Waals surface area contributed by atoms with E-state index >= 15 is 0 Å². The fourth-order valence-electron chi connectivity index (χ4n) is 1.58. The van der Waals surface area contributed by atoms with Crippen LogP contribution in [0.2, 0.25) is 0 Å². The molecule has 1 N–H and O–H groups in total. The molecule has 98 valence electrons. The Hall–Kier alpha value is -2.44. The molecule has 6 heteroatoms. The summed E-state index contributed by atoms with van der Waals surface area (Å²) in [6.07, 6.45) is 0. The molecule has 0 bridgehead atoms. The summed E-state index contributed by atoms with van der Waals surface area (Å²) in [4.78, 5) is 0. The van der Waals surface area contributed by atoms with Crippen molar-refractivity contribution in [3.8, 4) is 12.1 Å². The van der Waals surface area contributed by atoms with E-state index in [1.165, 1.54) is 24.3 Å². The quantitative estimate of drug-likeness (QED) is 0.895. The molecule has 0 amide bonds. The summed E-state index contributed by atoms with van der Waals surface area (Å²) in [5.41, 5.74) is 0.526. The van der Waals surface area contributed by atoms with Gasteiger partial charge in [0.05, 0.1) is 21.3 Å². The monoisotopic (exact) mass is 333 g/mol. The molecule has 0 saturated carbocycles. The van der Waals surface area contributed by atoms with Crippen molar-refractivity contribution in [3.05, 3.63) is 57.6 Å². The molecular weight excluding hydrogens is 328 g/mol. The molecule has 0 fully saturated rings. The Morgan fingerprint density at radius 2 is 1.70 bits per heavy atom. The van der Waals surface area contributed by atoms with Gasteiger partial charge in [-0.1, -0.05) is 0 Å². The lowest BCUT2D eigenvalue weighted by Crippen LogP contribution is -1.97. The first-order valence-corrected chi connectivity index (χ1v) is 6.21. The lowest BCUT2D eigenvalue weighted by molar-refractivity contribution is 0.623. The molecule has 0 aromatic heterocycles. The normalized spacial score (nSPS) is 9.65. The van der Waals surface area contributed by atoms with Gasteiger partial charge in [0.15, 0.2) is 5.82 Å². The number of nitriles is 2. The van der Waals surface area contributed by atoms with Crippen LogP contribution in [0.15, 0.2) is 34.8 Å². The minimum atomic E-state index is -0.639. The van der Waals surface area contributed by atoms with E-state index in [1.54, 1.807) is 6.07 Å². The minimum Gasteiger partial charge on any atom is -0.353 e. The van der Waals surface area contributed by atoms with Crippen molar-refractivity contribution in [2.75, 3.05) is 5.32 Å². The molecule has 0 saturated heterocycles. The summed E-state index contributed by atoms with van der Waals surface area (Å²) in [5, 5.41) is 20.3. The number of hydrogen-bond acceptors (Lipinski definition) is 3. The number of anilines is 2. The van der Waals surface area contributed by atoms with Gasteiger partial charge in [-0.2, -0.15) is 10.5 Å². The molecule has 20 heavy (non-hydrogen) atoms. The van der Waals surface area contributed by atoms with Crippen LogP contribution in [0.4, 0.5) is 20.2 Å². The first-order valence-electron chi connectivity index (χ1n) is 5.41. The van der Waals surface area contributed by atoms with Crippen molar-refractivity contribution in [2.24, 2.45) is 0 Å². The van der Waals surface area contributed by atoms with Gasteiger partial charge in [0.2, 0.25) is 0 Å². The van der Waals surface area contributed by atoms with Crippen LogP contribution in [0.25, 0.3) is 0 Å². The lowest BCUT2D eigenvalue weighted by Gasteiger charge is -2.09. The van der Waals surface area contributed by atoms with Gasteiger partial charge in [0.25, 0.3) is 0 Å². The Morgan fingerprint density at radius 1 is 1.00 bits per heavy atom. The molecule has 0 aliphatic heterocycles. The Kier molecular flexibility index (Phi) is 3.97. The average Bonchev–Trinajstić information content (AvgIpc) is 2.46. The van der Waals surface area contributed by atoms with Crippen molar-refractivity contribution in [2.45, 2.75) is 0 Å². The summed E-state index contributed by atoms with van der Waals surface area (Å²) in [5.74, 6) is -1.27. The number of hydrogen-bond donors (Lipinski definition) is 1. The zero-order valence-corrected chi connectivity index (χ0v) is 11.5. The summed E-state index contributed by atoms with van der Waals surface area (Å²) in [6, 6.07) is 10.2. The maximum atomic E-state index is 14.0. The van der Waals surface area contributed by atoms with Gasteiger partial charge < -0.3 is 5.32 Å². The summed E-state index contributed by atoms with van der Waals surface area (Å²) in [6.45, 7) is 0. The van der Waals surface area contributed by atoms with Gasteiger partial charge in [0.1, 0.15) is 18.0 Å². The highest BCUT2D eigenvalue weighted by atomic mass is 79.9. The average molecular weight is 334 g/mol. The van der Waals surface area contributed by atoms with Crippen LogP contribution >= 0.6 is 15.9 Å². The molecule has 0 aliphatic carbocycles. The van der Waals surface area contributed by atoms with Crippen molar-refractivity contribution in [1.82, 2.24) is 0 Å². The Labute approximate surface area is 122 Å². The number of nitrogens with zero attached hydrogens (tertiary/aromatic N) is 2. The van der Waals surface area contributed by atoms with Gasteiger partial charge in [-0.3, -0.25) is 0 Å². The van der Waals surface area contributed by atoms with E-state index in [4.69, 9.17) is 10.5 Å². The molecule has 0 heterocycles. The summed E-state index contributed by atoms with van der Waals surface area (Å²) >= 11 is 2.99. The third-order valence-electron chi connectivity index (χ3n) is 2.57. The number of halogens is 3. The fraction of sp³-hybridized carbons (Fsp3) is 0. The summed E-state index contributed by atoms with van der Waals surface area (Å²) < 4.78 is 27.2. The smallest absolute Gasteiger partial charge is 0.162 e. The summed E-state index contributed by atoms with van der Waals surface area (Å²) in [7, 11) is 0. The van der Waals surface area contributed by atoms with Crippen LogP contribution in [0.5, 0.6) is 0 Å². The second kappa shape index (κ2) is 5.68. The molecule has 0 aliphatic rings. The molecule has 2 aromatic carbocycles. The molecule has 3 nitrogen and oxygen atoms in total. The van der Waals surface area contributed by atoms with Crippen LogP contribution in [0.1, 0.15) is 11.1 Å². The maximum absolute atomic E-state index is 14.0. The van der Waals surface area contributed by atoms with E-state index in [0.717, 1.165) is 6.07 Å². The zero-order chi connectivity index (χ0) is 14.7. The van der Waals surface area contributed by atoms with Crippen LogP contribution in [0.3, 0.4) is 0 Å². The van der Waals surface area contributed by atoms with E-state index in [-0.39, 0.29) is 21.3 Å². The Morgan fingerprint density at radius 3 is 2.35 bits per heavy atom. The topological polar surface area (TPSA) is 59.6 Å². The highest BCUT2D eigenvalue weighted by Gasteiger charge is 2.12. The third kappa shape index (κ3) is 2.61. The van der Waals surface area contributed by atoms with Gasteiger partial charge in [0, 0.05) is 5.69 Å². The number of nitrogens with one attached hydrogen (secondary N) is 1. The van der Waals surface area contributed by atoms with Crippen molar-refractivity contribution in [3.63, 3.8) is 0 Å². The molecule has 0 atom stereocenters. The molecule has 0 radical (unpaired) electrons. The maximum Gasteiger partial charge on any atom is 0.162 e. The van der Waals surface area contributed by atoms with E-state index in [0.29, 0.717) is 5.69 Å². The number of rotatable bonds is 2. The molecule has 0 unspecified atom stereocenters. The largest absolute Gasteiger partial charge is 0.353 e. The van der Waals surface area contributed by atoms with E-state index in [1.807, 2.05) is 6.07 Å². The lowest BCUT2D eigenvalue weighted by atomic mass is 10.1. The first-order chi connectivity index (χ1) is 9.56. The SMILES string of the molecule is N#Cc1cc(Nc2ccc(C#N)c(Br)c2F)ccc1F. The van der Waals surface area contributed by atoms with Crippen molar-refractivity contribution < 1.29 is 8.78 Å². The number of benzene rings is 2. The molecule has 2 aromatic rings. The van der Waals surface area contributed by atoms with Gasteiger partial charge in [-0.15, -0.1) is 0 Å². The predicted octanol–water partition coefficient (Wildman–Crippen LogP) is 4.21. The Balaban J connectivity index is 2.39. The van der Waals surface area contributed by atoms with E-state index in [2.05, 4.69) is 21.2 Å². The third-order valence-corrected chi connectivity index (χ3v) is 3.34. The van der Waals surface area contributed by atoms with Crippen LogP contribution in [-0.4, -0.2) is 0 Å². The van der Waals surface area contributed by atoms with Crippen LogP contribution in [-0.2, 0) is 0 Å². The molecular formula is C14H6BrF2N3. The highest BCUT2D eigenvalue weighted by molar-refractivity contribution is 9.10. The minimum absolute atomic E-state index is 0.0487. The Bertz CT molecular complexity index is 760. The molecule has 0 spiro atoms. The fourth-order valence-corrected chi connectivity index (χ4v) is 2.01. The van der Waals surface area contributed by atoms with Crippen LogP contribution < -0.4 is 5.32 Å². The van der Waals surface area contributed by atoms with Gasteiger partial charge >= 0.3 is 0 Å².